The molecule has 0 saturated heterocycles. The van der Waals surface area contributed by atoms with Gasteiger partial charge in [0.25, 0.3) is 5.91 Å². The Bertz CT molecular complexity index is 1140. The van der Waals surface area contributed by atoms with Gasteiger partial charge in [-0.25, -0.2) is 13.8 Å². The highest BCUT2D eigenvalue weighted by Gasteiger charge is 2.18. The van der Waals surface area contributed by atoms with Crippen LogP contribution in [0.2, 0.25) is 5.02 Å². The second-order valence-electron chi connectivity index (χ2n) is 6.56. The van der Waals surface area contributed by atoms with Crippen LogP contribution in [0.4, 0.5) is 5.69 Å². The third kappa shape index (κ3) is 5.69. The first-order valence-electron chi connectivity index (χ1n) is 8.95. The Labute approximate surface area is 184 Å². The van der Waals surface area contributed by atoms with Gasteiger partial charge in [0.15, 0.2) is 0 Å². The number of carbonyl (C=O) groups excluding carboxylic acids is 1. The number of rotatable bonds is 7. The molecule has 156 valence electrons. The van der Waals surface area contributed by atoms with Crippen molar-refractivity contribution in [1.29, 1.82) is 0 Å². The van der Waals surface area contributed by atoms with E-state index in [-0.39, 0.29) is 12.5 Å². The minimum atomic E-state index is -3.53. The van der Waals surface area contributed by atoms with E-state index < -0.39 is 10.0 Å². The van der Waals surface area contributed by atoms with Gasteiger partial charge in [0.05, 0.1) is 24.2 Å². The number of hydrazone groups is 1. The molecule has 1 aromatic heterocycles. The second kappa shape index (κ2) is 9.42. The summed E-state index contributed by atoms with van der Waals surface area (Å²) in [5, 5.41) is 6.63. The second-order valence-corrected chi connectivity index (χ2v) is 9.85. The summed E-state index contributed by atoms with van der Waals surface area (Å²) in [6.45, 7) is 1.97. The van der Waals surface area contributed by atoms with Crippen LogP contribution in [0, 0.1) is 0 Å². The van der Waals surface area contributed by atoms with Crippen LogP contribution in [0.1, 0.15) is 27.7 Å². The van der Waals surface area contributed by atoms with Crippen molar-refractivity contribution in [1.82, 2.24) is 5.43 Å². The molecule has 3 rings (SSSR count). The van der Waals surface area contributed by atoms with Crippen LogP contribution < -0.4 is 9.73 Å². The van der Waals surface area contributed by atoms with Crippen molar-refractivity contribution >= 4 is 50.3 Å². The van der Waals surface area contributed by atoms with Gasteiger partial charge in [-0.3, -0.25) is 9.10 Å². The van der Waals surface area contributed by atoms with E-state index in [2.05, 4.69) is 10.5 Å². The predicted molar refractivity (Wildman–Crippen MR) is 123 cm³/mol. The minimum Gasteiger partial charge on any atom is -0.267 e. The molecule has 0 aliphatic carbocycles. The van der Waals surface area contributed by atoms with E-state index in [0.29, 0.717) is 22.0 Å². The number of benzene rings is 2. The average molecular weight is 462 g/mol. The van der Waals surface area contributed by atoms with Crippen molar-refractivity contribution in [3.05, 3.63) is 87.1 Å². The number of thiophene rings is 1. The Morgan fingerprint density at radius 2 is 1.77 bits per heavy atom. The fraction of sp³-hybridized carbons (Fsp3) is 0.143. The van der Waals surface area contributed by atoms with Crippen molar-refractivity contribution in [2.24, 2.45) is 5.10 Å². The quantitative estimate of drug-likeness (QED) is 0.415. The Balaban J connectivity index is 1.75. The molecule has 30 heavy (non-hydrogen) atoms. The van der Waals surface area contributed by atoms with Gasteiger partial charge in [-0.05, 0) is 60.3 Å². The molecule has 0 bridgehead atoms. The molecule has 0 fully saturated rings. The maximum absolute atomic E-state index is 12.4. The van der Waals surface area contributed by atoms with Gasteiger partial charge in [0, 0.05) is 15.5 Å². The summed E-state index contributed by atoms with van der Waals surface area (Å²) >= 11 is 7.43. The highest BCUT2D eigenvalue weighted by molar-refractivity contribution is 7.92. The highest BCUT2D eigenvalue weighted by atomic mass is 35.5. The van der Waals surface area contributed by atoms with Crippen molar-refractivity contribution in [3.8, 4) is 0 Å². The highest BCUT2D eigenvalue weighted by Crippen LogP contribution is 2.22. The molecular formula is C21H20ClN3O3S2. The van der Waals surface area contributed by atoms with Crippen molar-refractivity contribution in [2.75, 3.05) is 10.6 Å². The Morgan fingerprint density at radius 1 is 1.10 bits per heavy atom. The largest absolute Gasteiger partial charge is 0.271 e. The molecular weight excluding hydrogens is 442 g/mol. The van der Waals surface area contributed by atoms with Crippen molar-refractivity contribution in [3.63, 3.8) is 0 Å². The van der Waals surface area contributed by atoms with Gasteiger partial charge in [0.1, 0.15) is 0 Å². The summed E-state index contributed by atoms with van der Waals surface area (Å²) in [7, 11) is -3.53. The fourth-order valence-electron chi connectivity index (χ4n) is 2.67. The molecule has 0 radical (unpaired) electrons. The maximum Gasteiger partial charge on any atom is 0.271 e. The van der Waals surface area contributed by atoms with E-state index in [1.807, 2.05) is 24.4 Å². The smallest absolute Gasteiger partial charge is 0.267 e. The topological polar surface area (TPSA) is 78.8 Å². The summed E-state index contributed by atoms with van der Waals surface area (Å²) in [5.41, 5.74) is 4.86. The van der Waals surface area contributed by atoms with Crippen molar-refractivity contribution in [2.45, 2.75) is 13.5 Å². The van der Waals surface area contributed by atoms with Gasteiger partial charge < -0.3 is 0 Å². The molecule has 0 aliphatic heterocycles. The molecule has 1 N–H and O–H groups in total. The van der Waals surface area contributed by atoms with Crippen LogP contribution >= 0.6 is 22.9 Å². The lowest BCUT2D eigenvalue weighted by atomic mass is 10.2. The fourth-order valence-corrected chi connectivity index (χ4v) is 4.36. The molecule has 1 heterocycles. The number of anilines is 1. The molecule has 0 saturated carbocycles. The van der Waals surface area contributed by atoms with E-state index >= 15 is 0 Å². The Hall–Kier alpha value is -2.68. The number of nitrogens with zero attached hydrogens (tertiary/aromatic N) is 2. The first kappa shape index (κ1) is 22.0. The zero-order chi connectivity index (χ0) is 21.7. The zero-order valence-corrected chi connectivity index (χ0v) is 18.8. The monoisotopic (exact) mass is 461 g/mol. The predicted octanol–water partition coefficient (Wildman–Crippen LogP) is 4.52. The third-order valence-electron chi connectivity index (χ3n) is 4.26. The third-order valence-corrected chi connectivity index (χ3v) is 6.63. The van der Waals surface area contributed by atoms with Crippen molar-refractivity contribution < 1.29 is 13.2 Å². The van der Waals surface area contributed by atoms with E-state index in [1.54, 1.807) is 48.5 Å². The normalized spacial score (nSPS) is 11.9. The van der Waals surface area contributed by atoms with Gasteiger partial charge in [0.2, 0.25) is 10.0 Å². The summed E-state index contributed by atoms with van der Waals surface area (Å²) < 4.78 is 25.9. The number of nitrogens with one attached hydrogen (secondary N) is 1. The van der Waals surface area contributed by atoms with Crippen LogP contribution in [0.5, 0.6) is 0 Å². The van der Waals surface area contributed by atoms with Gasteiger partial charge in [-0.15, -0.1) is 11.3 Å². The Morgan fingerprint density at radius 3 is 2.33 bits per heavy atom. The van der Waals surface area contributed by atoms with Crippen LogP contribution in [-0.4, -0.2) is 26.3 Å². The van der Waals surface area contributed by atoms with Gasteiger partial charge in [-0.1, -0.05) is 29.8 Å². The first-order valence-corrected chi connectivity index (χ1v) is 12.1. The molecule has 1 amide bonds. The number of halogens is 1. The van der Waals surface area contributed by atoms with E-state index in [1.165, 1.54) is 15.6 Å². The number of sulfonamides is 1. The molecule has 2 aromatic carbocycles. The summed E-state index contributed by atoms with van der Waals surface area (Å²) in [6, 6.07) is 17.1. The van der Waals surface area contributed by atoms with E-state index in [4.69, 9.17) is 11.6 Å². The lowest BCUT2D eigenvalue weighted by molar-refractivity contribution is 0.0955. The SMILES string of the molecule is C/C(=N/NC(=O)c1ccc(N(Cc2ccc(Cl)cc2)S(C)(=O)=O)cc1)c1cccs1. The summed E-state index contributed by atoms with van der Waals surface area (Å²) in [6.07, 6.45) is 1.14. The number of hydrogen-bond acceptors (Lipinski definition) is 5. The summed E-state index contributed by atoms with van der Waals surface area (Å²) in [4.78, 5) is 13.3. The molecule has 9 heteroatoms. The maximum atomic E-state index is 12.4. The molecule has 0 spiro atoms. The van der Waals surface area contributed by atoms with Gasteiger partial charge in [-0.2, -0.15) is 5.10 Å². The average Bonchev–Trinajstić information content (AvgIpc) is 3.25. The molecule has 6 nitrogen and oxygen atoms in total. The summed E-state index contributed by atoms with van der Waals surface area (Å²) in [5.74, 6) is -0.374. The van der Waals surface area contributed by atoms with E-state index in [0.717, 1.165) is 16.7 Å². The number of amides is 1. The lowest BCUT2D eigenvalue weighted by Crippen LogP contribution is -2.29. The van der Waals surface area contributed by atoms with Gasteiger partial charge >= 0.3 is 0 Å². The zero-order valence-electron chi connectivity index (χ0n) is 16.4. The van der Waals surface area contributed by atoms with Crippen LogP contribution in [-0.2, 0) is 16.6 Å². The molecule has 0 aliphatic rings. The first-order chi connectivity index (χ1) is 14.2. The standard InChI is InChI=1S/C21H20ClN3O3S2/c1-15(20-4-3-13-29-20)23-24-21(26)17-7-11-19(12-8-17)25(30(2,27)28)14-16-5-9-18(22)10-6-16/h3-13H,14H2,1-2H3,(H,24,26)/b23-15-. The van der Waals surface area contributed by atoms with Crippen LogP contribution in [0.25, 0.3) is 0 Å². The van der Waals surface area contributed by atoms with Crippen LogP contribution in [0.15, 0.2) is 71.1 Å². The lowest BCUT2D eigenvalue weighted by Gasteiger charge is -2.22. The molecule has 3 aromatic rings. The Kier molecular flexibility index (Phi) is 6.91. The number of hydrogen-bond donors (Lipinski definition) is 1. The molecule has 0 atom stereocenters. The van der Waals surface area contributed by atoms with Crippen LogP contribution in [0.3, 0.4) is 0 Å². The molecule has 0 unspecified atom stereocenters. The number of carbonyl (C=O) groups is 1. The minimum absolute atomic E-state index is 0.159. The van der Waals surface area contributed by atoms with E-state index in [9.17, 15) is 13.2 Å².